The quantitative estimate of drug-likeness (QED) is 0.0590. The van der Waals surface area contributed by atoms with Crippen LogP contribution in [0.15, 0.2) is 72.9 Å². The van der Waals surface area contributed by atoms with Gasteiger partial charge in [0.1, 0.15) is 11.9 Å². The molecule has 0 aromatic carbocycles. The van der Waals surface area contributed by atoms with Gasteiger partial charge >= 0.3 is 0 Å². The highest BCUT2D eigenvalue weighted by Gasteiger charge is 2.33. The van der Waals surface area contributed by atoms with Gasteiger partial charge in [-0.05, 0) is 77.0 Å². The maximum atomic E-state index is 13.3. The van der Waals surface area contributed by atoms with E-state index in [1.165, 1.54) is 19.3 Å². The molecule has 0 aromatic heterocycles. The lowest BCUT2D eigenvalue weighted by atomic mass is 9.89. The second-order valence-electron chi connectivity index (χ2n) is 13.1. The average Bonchev–Trinajstić information content (AvgIpc) is 3.10. The number of ether oxygens (including phenoxy) is 1. The van der Waals surface area contributed by atoms with E-state index in [9.17, 15) is 14.7 Å². The summed E-state index contributed by atoms with van der Waals surface area (Å²) in [5.74, 6) is -0.757. The van der Waals surface area contributed by atoms with Crippen molar-refractivity contribution in [2.45, 2.75) is 148 Å². The van der Waals surface area contributed by atoms with Crippen LogP contribution < -0.4 is 0 Å². The number of nitrogens with zero attached hydrogens (tertiary/aromatic N) is 1. The third-order valence-corrected chi connectivity index (χ3v) is 8.83. The van der Waals surface area contributed by atoms with Crippen LogP contribution in [0.25, 0.3) is 0 Å². The molecular weight excluding hydrogens is 594 g/mol. The Kier molecular flexibility index (Phi) is 30.2. The van der Waals surface area contributed by atoms with Gasteiger partial charge in [-0.15, -0.1) is 0 Å². The lowest BCUT2D eigenvalue weighted by Gasteiger charge is -2.31. The minimum Gasteiger partial charge on any atom is -0.385 e. The molecule has 48 heavy (non-hydrogen) atoms. The van der Waals surface area contributed by atoms with Crippen molar-refractivity contribution in [1.82, 2.24) is 4.90 Å². The fourth-order valence-electron chi connectivity index (χ4n) is 5.83. The lowest BCUT2D eigenvalue weighted by Crippen LogP contribution is -2.46. The fourth-order valence-corrected chi connectivity index (χ4v) is 5.83. The Morgan fingerprint density at radius 1 is 0.562 bits per heavy atom. The molecule has 1 aliphatic rings. The number of allylic oxidation sites excluding steroid dienone is 12. The summed E-state index contributed by atoms with van der Waals surface area (Å²) in [7, 11) is 0. The highest BCUT2D eigenvalue weighted by atomic mass is 16.5. The molecule has 1 rings (SSSR count). The van der Waals surface area contributed by atoms with Crippen molar-refractivity contribution < 1.29 is 19.4 Å². The SMILES string of the molecule is CC/C=C\C/C=C\C/C=C\CCCCCCCC(=O)C(O)C(CN1CCOCC1)C(=O)CCCCCCC/C=C\C/C=C\C/C=C\CC. The van der Waals surface area contributed by atoms with E-state index in [0.29, 0.717) is 32.6 Å². The molecule has 0 aromatic rings. The van der Waals surface area contributed by atoms with Gasteiger partial charge in [0.05, 0.1) is 19.1 Å². The second kappa shape index (κ2) is 33.2. The number of aliphatic hydroxyl groups excluding tert-OH is 1. The average molecular weight is 666 g/mol. The van der Waals surface area contributed by atoms with E-state index in [1.54, 1.807) is 0 Å². The predicted molar refractivity (Wildman–Crippen MR) is 205 cm³/mol. The van der Waals surface area contributed by atoms with Crippen molar-refractivity contribution in [3.8, 4) is 0 Å². The molecule has 1 aliphatic heterocycles. The molecule has 1 N–H and O–H groups in total. The van der Waals surface area contributed by atoms with Crippen LogP contribution in [0.5, 0.6) is 0 Å². The lowest BCUT2D eigenvalue weighted by molar-refractivity contribution is -0.139. The van der Waals surface area contributed by atoms with Gasteiger partial charge in [-0.25, -0.2) is 0 Å². The smallest absolute Gasteiger partial charge is 0.162 e. The molecule has 2 unspecified atom stereocenters. The van der Waals surface area contributed by atoms with Crippen LogP contribution in [0.1, 0.15) is 142 Å². The molecule has 1 saturated heterocycles. The zero-order valence-electron chi connectivity index (χ0n) is 30.9. The predicted octanol–water partition coefficient (Wildman–Crippen LogP) is 10.6. The summed E-state index contributed by atoms with van der Waals surface area (Å²) < 4.78 is 5.47. The molecule has 0 aliphatic carbocycles. The molecular formula is C43H71NO4. The van der Waals surface area contributed by atoms with Crippen molar-refractivity contribution in [3.05, 3.63) is 72.9 Å². The number of morpholine rings is 1. The Hall–Kier alpha value is -2.34. The molecule has 1 heterocycles. The van der Waals surface area contributed by atoms with Gasteiger partial charge in [-0.3, -0.25) is 14.5 Å². The van der Waals surface area contributed by atoms with Crippen molar-refractivity contribution in [2.24, 2.45) is 5.92 Å². The van der Waals surface area contributed by atoms with Crippen LogP contribution in [-0.4, -0.2) is 60.5 Å². The first-order valence-electron chi connectivity index (χ1n) is 19.5. The molecule has 2 atom stereocenters. The number of Topliss-reactive ketones (excluding diaryl/α,β-unsaturated/α-hetero) is 2. The number of unbranched alkanes of at least 4 members (excludes halogenated alkanes) is 10. The first kappa shape index (κ1) is 43.7. The molecule has 5 nitrogen and oxygen atoms in total. The van der Waals surface area contributed by atoms with Gasteiger partial charge in [0.15, 0.2) is 5.78 Å². The van der Waals surface area contributed by atoms with E-state index in [1.807, 2.05) is 0 Å². The first-order chi connectivity index (χ1) is 23.6. The van der Waals surface area contributed by atoms with Crippen molar-refractivity contribution in [3.63, 3.8) is 0 Å². The number of aliphatic hydroxyl groups is 1. The van der Waals surface area contributed by atoms with Crippen LogP contribution in [0, 0.1) is 5.92 Å². The molecule has 0 radical (unpaired) electrons. The van der Waals surface area contributed by atoms with Gasteiger partial charge in [0.2, 0.25) is 0 Å². The molecule has 1 fully saturated rings. The van der Waals surface area contributed by atoms with E-state index in [4.69, 9.17) is 4.74 Å². The van der Waals surface area contributed by atoms with E-state index in [2.05, 4.69) is 91.7 Å². The van der Waals surface area contributed by atoms with Gasteiger partial charge in [-0.2, -0.15) is 0 Å². The molecule has 272 valence electrons. The number of hydrogen-bond acceptors (Lipinski definition) is 5. The van der Waals surface area contributed by atoms with Crippen LogP contribution in [0.2, 0.25) is 0 Å². The molecule has 0 spiro atoms. The Bertz CT molecular complexity index is 954. The number of carbonyl (C=O) groups is 2. The Morgan fingerprint density at radius 3 is 1.44 bits per heavy atom. The maximum Gasteiger partial charge on any atom is 0.162 e. The fraction of sp³-hybridized carbons (Fsp3) is 0.674. The van der Waals surface area contributed by atoms with Crippen LogP contribution in [0.3, 0.4) is 0 Å². The van der Waals surface area contributed by atoms with Gasteiger partial charge in [-0.1, -0.05) is 125 Å². The first-order valence-corrected chi connectivity index (χ1v) is 19.5. The number of carbonyl (C=O) groups excluding carboxylic acids is 2. The van der Waals surface area contributed by atoms with Crippen LogP contribution in [-0.2, 0) is 14.3 Å². The Morgan fingerprint density at radius 2 is 0.958 bits per heavy atom. The highest BCUT2D eigenvalue weighted by Crippen LogP contribution is 2.19. The molecule has 5 heteroatoms. The van der Waals surface area contributed by atoms with E-state index in [0.717, 1.165) is 109 Å². The van der Waals surface area contributed by atoms with Crippen LogP contribution in [0.4, 0.5) is 0 Å². The largest absolute Gasteiger partial charge is 0.385 e. The molecule has 0 saturated carbocycles. The Labute approximate surface area is 295 Å². The minimum atomic E-state index is -1.20. The topological polar surface area (TPSA) is 66.8 Å². The minimum absolute atomic E-state index is 0.0420. The standard InChI is InChI=1S/C43H71NO4/c1-3-5-7-9-11-13-15-17-19-21-23-25-27-29-31-33-41(45)40(39-44-35-37-48-38-36-44)43(47)42(46)34-32-30-28-26-24-22-20-18-16-14-12-10-8-6-4-2/h5-8,11-14,17-20,40,43,47H,3-4,9-10,15-16,21-39H2,1-2H3/b7-5-,8-6-,13-11-,14-12-,19-17-,20-18-. The zero-order chi connectivity index (χ0) is 34.8. The van der Waals surface area contributed by atoms with Gasteiger partial charge in [0.25, 0.3) is 0 Å². The maximum absolute atomic E-state index is 13.3. The highest BCUT2D eigenvalue weighted by molar-refractivity contribution is 5.91. The van der Waals surface area contributed by atoms with Crippen molar-refractivity contribution in [1.29, 1.82) is 0 Å². The summed E-state index contributed by atoms with van der Waals surface area (Å²) in [5.41, 5.74) is 0. The van der Waals surface area contributed by atoms with E-state index >= 15 is 0 Å². The van der Waals surface area contributed by atoms with Crippen molar-refractivity contribution in [2.75, 3.05) is 32.8 Å². The monoisotopic (exact) mass is 666 g/mol. The van der Waals surface area contributed by atoms with E-state index in [-0.39, 0.29) is 11.6 Å². The summed E-state index contributed by atoms with van der Waals surface area (Å²) in [6.07, 6.45) is 45.2. The summed E-state index contributed by atoms with van der Waals surface area (Å²) in [5, 5.41) is 11.1. The van der Waals surface area contributed by atoms with Gasteiger partial charge < -0.3 is 9.84 Å². The number of hydrogen-bond donors (Lipinski definition) is 1. The van der Waals surface area contributed by atoms with Crippen LogP contribution >= 0.6 is 0 Å². The summed E-state index contributed by atoms with van der Waals surface area (Å²) >= 11 is 0. The summed E-state index contributed by atoms with van der Waals surface area (Å²) in [6, 6.07) is 0. The number of ketones is 2. The number of rotatable bonds is 31. The third kappa shape index (κ3) is 25.6. The molecule has 0 amide bonds. The summed E-state index contributed by atoms with van der Waals surface area (Å²) in [6.45, 7) is 7.52. The second-order valence-corrected chi connectivity index (χ2v) is 13.1. The third-order valence-electron chi connectivity index (χ3n) is 8.83. The van der Waals surface area contributed by atoms with Crippen molar-refractivity contribution >= 4 is 11.6 Å². The summed E-state index contributed by atoms with van der Waals surface area (Å²) in [4.78, 5) is 28.5. The Balaban J connectivity index is 2.27. The zero-order valence-corrected chi connectivity index (χ0v) is 30.9. The molecule has 0 bridgehead atoms. The van der Waals surface area contributed by atoms with E-state index < -0.39 is 12.0 Å². The van der Waals surface area contributed by atoms with Gasteiger partial charge in [0, 0.05) is 32.5 Å². The normalized spacial score (nSPS) is 16.1.